The maximum absolute atomic E-state index is 5.76. The molecule has 2 aromatic heterocycles. The summed E-state index contributed by atoms with van der Waals surface area (Å²) in [6.07, 6.45) is 3.94. The molecule has 2 aromatic rings. The summed E-state index contributed by atoms with van der Waals surface area (Å²) in [7, 11) is 0. The Bertz CT molecular complexity index is 586. The molecule has 0 aromatic carbocycles. The van der Waals surface area contributed by atoms with Gasteiger partial charge in [0.15, 0.2) is 0 Å². The number of hydrogen-bond donors (Lipinski definition) is 2. The van der Waals surface area contributed by atoms with E-state index in [0.29, 0.717) is 11.4 Å². The van der Waals surface area contributed by atoms with Crippen molar-refractivity contribution in [1.82, 2.24) is 9.97 Å². The standard InChI is InChI=1S/C13H18N4S/c1-8-6-9-10(15-7-13(2)4-3-5-13)16-12(14)17-11(9)18-8/h6H,3-5,7H2,1-2H3,(H3,14,15,16,17). The summed E-state index contributed by atoms with van der Waals surface area (Å²) in [5.41, 5.74) is 6.19. The Labute approximate surface area is 111 Å². The van der Waals surface area contributed by atoms with Crippen LogP contribution in [0.1, 0.15) is 31.1 Å². The topological polar surface area (TPSA) is 63.8 Å². The van der Waals surface area contributed by atoms with Crippen LogP contribution in [0, 0.1) is 12.3 Å². The van der Waals surface area contributed by atoms with Gasteiger partial charge in [-0.2, -0.15) is 4.98 Å². The molecule has 18 heavy (non-hydrogen) atoms. The van der Waals surface area contributed by atoms with Gasteiger partial charge in [0.05, 0.1) is 5.39 Å². The molecule has 1 fully saturated rings. The number of aromatic nitrogens is 2. The van der Waals surface area contributed by atoms with Crippen LogP contribution in [0.4, 0.5) is 11.8 Å². The molecule has 3 N–H and O–H groups in total. The quantitative estimate of drug-likeness (QED) is 0.891. The molecule has 0 spiro atoms. The van der Waals surface area contributed by atoms with Crippen LogP contribution in [0.5, 0.6) is 0 Å². The largest absolute Gasteiger partial charge is 0.369 e. The molecular weight excluding hydrogens is 244 g/mol. The second-order valence-electron chi connectivity index (χ2n) is 5.52. The van der Waals surface area contributed by atoms with Crippen LogP contribution in [0.3, 0.4) is 0 Å². The second-order valence-corrected chi connectivity index (χ2v) is 6.76. The van der Waals surface area contributed by atoms with Crippen molar-refractivity contribution in [3.63, 3.8) is 0 Å². The molecule has 3 rings (SSSR count). The van der Waals surface area contributed by atoms with E-state index in [2.05, 4.69) is 35.2 Å². The number of thiophene rings is 1. The van der Waals surface area contributed by atoms with Crippen LogP contribution in [0.25, 0.3) is 10.2 Å². The van der Waals surface area contributed by atoms with Crippen molar-refractivity contribution >= 4 is 33.3 Å². The minimum absolute atomic E-state index is 0.352. The highest BCUT2D eigenvalue weighted by Crippen LogP contribution is 2.40. The zero-order valence-corrected chi connectivity index (χ0v) is 11.6. The molecule has 1 saturated carbocycles. The van der Waals surface area contributed by atoms with Gasteiger partial charge in [-0.15, -0.1) is 11.3 Å². The predicted molar refractivity (Wildman–Crippen MR) is 77.0 cm³/mol. The first kappa shape index (κ1) is 11.7. The van der Waals surface area contributed by atoms with E-state index in [-0.39, 0.29) is 0 Å². The number of nitrogens with one attached hydrogen (secondary N) is 1. The van der Waals surface area contributed by atoms with Gasteiger partial charge in [-0.1, -0.05) is 13.3 Å². The van der Waals surface area contributed by atoms with E-state index in [0.717, 1.165) is 22.6 Å². The Balaban J connectivity index is 1.90. The molecule has 2 heterocycles. The fraction of sp³-hybridized carbons (Fsp3) is 0.538. The van der Waals surface area contributed by atoms with E-state index in [1.165, 1.54) is 24.1 Å². The molecule has 0 aliphatic heterocycles. The number of hydrogen-bond acceptors (Lipinski definition) is 5. The van der Waals surface area contributed by atoms with Gasteiger partial charge in [0.1, 0.15) is 10.6 Å². The van der Waals surface area contributed by atoms with E-state index in [1.807, 2.05) is 0 Å². The normalized spacial score (nSPS) is 17.7. The molecule has 4 nitrogen and oxygen atoms in total. The molecule has 0 bridgehead atoms. The molecule has 1 aliphatic carbocycles. The summed E-state index contributed by atoms with van der Waals surface area (Å²) in [6.45, 7) is 5.37. The van der Waals surface area contributed by atoms with Crippen molar-refractivity contribution in [2.75, 3.05) is 17.6 Å². The first-order chi connectivity index (χ1) is 8.56. The summed E-state index contributed by atoms with van der Waals surface area (Å²) in [4.78, 5) is 10.8. The molecule has 5 heteroatoms. The van der Waals surface area contributed by atoms with Gasteiger partial charge >= 0.3 is 0 Å². The number of anilines is 2. The molecule has 0 atom stereocenters. The molecule has 1 aliphatic rings. The second kappa shape index (κ2) is 4.09. The highest BCUT2D eigenvalue weighted by atomic mass is 32.1. The first-order valence-electron chi connectivity index (χ1n) is 6.33. The van der Waals surface area contributed by atoms with E-state index in [1.54, 1.807) is 11.3 Å². The van der Waals surface area contributed by atoms with Gasteiger partial charge in [0, 0.05) is 11.4 Å². The lowest BCUT2D eigenvalue weighted by atomic mass is 9.70. The van der Waals surface area contributed by atoms with E-state index in [4.69, 9.17) is 5.73 Å². The summed E-state index contributed by atoms with van der Waals surface area (Å²) in [6, 6.07) is 2.13. The van der Waals surface area contributed by atoms with Gasteiger partial charge in [-0.3, -0.25) is 0 Å². The Kier molecular flexibility index (Phi) is 2.66. The zero-order chi connectivity index (χ0) is 12.8. The van der Waals surface area contributed by atoms with Gasteiger partial charge in [-0.25, -0.2) is 4.98 Å². The van der Waals surface area contributed by atoms with Gasteiger partial charge in [0.2, 0.25) is 5.95 Å². The predicted octanol–water partition coefficient (Wildman–Crippen LogP) is 3.18. The summed E-state index contributed by atoms with van der Waals surface area (Å²) >= 11 is 1.66. The SMILES string of the molecule is Cc1cc2c(NCC3(C)CCC3)nc(N)nc2s1. The Morgan fingerprint density at radius 1 is 1.44 bits per heavy atom. The number of nitrogens with zero attached hydrogens (tertiary/aromatic N) is 2. The fourth-order valence-corrected chi connectivity index (χ4v) is 3.33. The molecule has 0 radical (unpaired) electrons. The molecule has 0 saturated heterocycles. The van der Waals surface area contributed by atoms with Gasteiger partial charge in [0.25, 0.3) is 0 Å². The lowest BCUT2D eigenvalue weighted by molar-refractivity contribution is 0.180. The average molecular weight is 262 g/mol. The zero-order valence-electron chi connectivity index (χ0n) is 10.8. The highest BCUT2D eigenvalue weighted by Gasteiger charge is 2.31. The summed E-state index contributed by atoms with van der Waals surface area (Å²) in [5.74, 6) is 1.24. The smallest absolute Gasteiger partial charge is 0.223 e. The highest BCUT2D eigenvalue weighted by molar-refractivity contribution is 7.18. The number of rotatable bonds is 3. The Morgan fingerprint density at radius 2 is 2.22 bits per heavy atom. The van der Waals surface area contributed by atoms with Crippen LogP contribution in [0.15, 0.2) is 6.07 Å². The molecule has 0 unspecified atom stereocenters. The minimum atomic E-state index is 0.352. The fourth-order valence-electron chi connectivity index (χ4n) is 2.45. The third-order valence-electron chi connectivity index (χ3n) is 3.78. The maximum atomic E-state index is 5.76. The minimum Gasteiger partial charge on any atom is -0.369 e. The summed E-state index contributed by atoms with van der Waals surface area (Å²) in [5, 5.41) is 4.55. The van der Waals surface area contributed by atoms with Crippen LogP contribution < -0.4 is 11.1 Å². The molecule has 96 valence electrons. The molecule has 0 amide bonds. The molecular formula is C13H18N4S. The lowest BCUT2D eigenvalue weighted by Crippen LogP contribution is -2.33. The number of nitrogen functional groups attached to an aromatic ring is 1. The average Bonchev–Trinajstić information content (AvgIpc) is 2.63. The van der Waals surface area contributed by atoms with Crippen molar-refractivity contribution in [2.45, 2.75) is 33.1 Å². The third kappa shape index (κ3) is 2.03. The van der Waals surface area contributed by atoms with E-state index in [9.17, 15) is 0 Å². The number of nitrogens with two attached hydrogens (primary N) is 1. The monoisotopic (exact) mass is 262 g/mol. The summed E-state index contributed by atoms with van der Waals surface area (Å²) < 4.78 is 0. The van der Waals surface area contributed by atoms with Crippen LogP contribution in [-0.4, -0.2) is 16.5 Å². The number of fused-ring (bicyclic) bond motifs is 1. The maximum Gasteiger partial charge on any atom is 0.223 e. The first-order valence-corrected chi connectivity index (χ1v) is 7.15. The van der Waals surface area contributed by atoms with Crippen molar-refractivity contribution in [1.29, 1.82) is 0 Å². The van der Waals surface area contributed by atoms with E-state index < -0.39 is 0 Å². The number of aryl methyl sites for hydroxylation is 1. The van der Waals surface area contributed by atoms with Crippen LogP contribution >= 0.6 is 11.3 Å². The third-order valence-corrected chi connectivity index (χ3v) is 4.72. The Hall–Kier alpha value is -1.36. The Morgan fingerprint density at radius 3 is 2.89 bits per heavy atom. The van der Waals surface area contributed by atoms with Crippen LogP contribution in [-0.2, 0) is 0 Å². The van der Waals surface area contributed by atoms with Crippen molar-refractivity contribution in [3.8, 4) is 0 Å². The van der Waals surface area contributed by atoms with Crippen molar-refractivity contribution in [2.24, 2.45) is 5.41 Å². The lowest BCUT2D eigenvalue weighted by Gasteiger charge is -2.38. The van der Waals surface area contributed by atoms with Crippen molar-refractivity contribution < 1.29 is 0 Å². The van der Waals surface area contributed by atoms with Gasteiger partial charge < -0.3 is 11.1 Å². The van der Waals surface area contributed by atoms with Crippen molar-refractivity contribution in [3.05, 3.63) is 10.9 Å². The van der Waals surface area contributed by atoms with E-state index >= 15 is 0 Å². The van der Waals surface area contributed by atoms with Crippen LogP contribution in [0.2, 0.25) is 0 Å². The van der Waals surface area contributed by atoms with Gasteiger partial charge in [-0.05, 0) is 31.2 Å².